The molecule has 4 atom stereocenters. The summed E-state index contributed by atoms with van der Waals surface area (Å²) in [5, 5.41) is 10.3. The molecule has 6 rings (SSSR count). The number of ether oxygens (including phenoxy) is 1. The number of carbonyl (C=O) groups excluding carboxylic acids is 2. The van der Waals surface area contributed by atoms with E-state index >= 15 is 0 Å². The number of halogens is 1. The molecule has 0 spiro atoms. The van der Waals surface area contributed by atoms with Crippen molar-refractivity contribution in [3.05, 3.63) is 75.8 Å². The van der Waals surface area contributed by atoms with Crippen molar-refractivity contribution in [2.24, 2.45) is 17.8 Å². The number of rotatable bonds is 8. The van der Waals surface area contributed by atoms with Crippen molar-refractivity contribution >= 4 is 35.1 Å². The molecule has 4 aliphatic rings. The van der Waals surface area contributed by atoms with Crippen molar-refractivity contribution in [2.75, 3.05) is 6.61 Å². The number of allylic oxidation sites excluding steroid dienone is 2. The third-order valence-electron chi connectivity index (χ3n) is 9.67. The van der Waals surface area contributed by atoms with Gasteiger partial charge in [-0.1, -0.05) is 80.1 Å². The smallest absolute Gasteiger partial charge is 0.234 e. The van der Waals surface area contributed by atoms with Crippen LogP contribution in [0.15, 0.2) is 59.7 Å². The number of hydrogen-bond donors (Lipinski definition) is 1. The normalized spacial score (nSPS) is 27.0. The average molecular weight is 574 g/mol. The van der Waals surface area contributed by atoms with Crippen LogP contribution in [-0.2, 0) is 14.3 Å². The Balaban J connectivity index is 1.27. The maximum atomic E-state index is 13.9. The third-order valence-corrected chi connectivity index (χ3v) is 10.00. The van der Waals surface area contributed by atoms with Crippen LogP contribution in [0.1, 0.15) is 82.3 Å². The monoisotopic (exact) mass is 573 g/mol. The highest BCUT2D eigenvalue weighted by atomic mass is 35.5. The van der Waals surface area contributed by atoms with Crippen LogP contribution in [0, 0.1) is 17.8 Å². The van der Waals surface area contributed by atoms with Gasteiger partial charge in [0.1, 0.15) is 5.75 Å². The van der Waals surface area contributed by atoms with E-state index in [0.717, 1.165) is 68.1 Å². The SMILES string of the molecule is CCCC1=C2[C@@H](CC/C(=C/c3ccc(O)cc3Cl)c3ccccc3)OC[C@@H]2[C@@H]2C(=O)N(C3CCCCC3)C(=O)[C@@H]2C1. The maximum Gasteiger partial charge on any atom is 0.234 e. The lowest BCUT2D eigenvalue weighted by atomic mass is 9.68. The Hall–Kier alpha value is -2.89. The highest BCUT2D eigenvalue weighted by Crippen LogP contribution is 2.51. The quantitative estimate of drug-likeness (QED) is 0.199. The molecule has 2 aromatic carbocycles. The lowest BCUT2D eigenvalue weighted by Crippen LogP contribution is -2.42. The van der Waals surface area contributed by atoms with Crippen molar-refractivity contribution in [1.29, 1.82) is 0 Å². The number of nitrogens with zero attached hydrogens (tertiary/aromatic N) is 1. The number of phenolic OH excluding ortho intramolecular Hbond substituents is 1. The Labute approximate surface area is 248 Å². The highest BCUT2D eigenvalue weighted by Gasteiger charge is 2.57. The lowest BCUT2D eigenvalue weighted by molar-refractivity contribution is -0.143. The van der Waals surface area contributed by atoms with Gasteiger partial charge < -0.3 is 9.84 Å². The fraction of sp³-hybridized carbons (Fsp3) is 0.486. The second-order valence-electron chi connectivity index (χ2n) is 12.2. The van der Waals surface area contributed by atoms with E-state index in [1.54, 1.807) is 17.0 Å². The molecule has 3 fully saturated rings. The fourth-order valence-electron chi connectivity index (χ4n) is 7.79. The predicted molar refractivity (Wildman–Crippen MR) is 162 cm³/mol. The Bertz CT molecular complexity index is 1360. The first-order valence-corrected chi connectivity index (χ1v) is 15.8. The van der Waals surface area contributed by atoms with Gasteiger partial charge in [0, 0.05) is 12.0 Å². The number of imide groups is 1. The second kappa shape index (κ2) is 12.1. The molecule has 0 unspecified atom stereocenters. The summed E-state index contributed by atoms with van der Waals surface area (Å²) in [5.41, 5.74) is 5.77. The Morgan fingerprint density at radius 2 is 1.83 bits per heavy atom. The fourth-order valence-corrected chi connectivity index (χ4v) is 8.02. The van der Waals surface area contributed by atoms with E-state index in [1.807, 2.05) is 24.3 Å². The molecule has 5 nitrogen and oxygen atoms in total. The first-order chi connectivity index (χ1) is 20.0. The largest absolute Gasteiger partial charge is 0.508 e. The Morgan fingerprint density at radius 3 is 2.56 bits per heavy atom. The molecule has 0 aromatic heterocycles. The predicted octanol–water partition coefficient (Wildman–Crippen LogP) is 7.82. The maximum absolute atomic E-state index is 13.9. The van der Waals surface area contributed by atoms with E-state index in [-0.39, 0.29) is 47.5 Å². The van der Waals surface area contributed by atoms with Crippen molar-refractivity contribution in [2.45, 2.75) is 83.3 Å². The number of benzene rings is 2. The minimum atomic E-state index is -0.273. The van der Waals surface area contributed by atoms with Crippen LogP contribution in [0.5, 0.6) is 5.75 Å². The molecular weight excluding hydrogens is 534 g/mol. The summed E-state index contributed by atoms with van der Waals surface area (Å²) in [4.78, 5) is 29.2. The van der Waals surface area contributed by atoms with E-state index in [1.165, 1.54) is 17.6 Å². The minimum Gasteiger partial charge on any atom is -0.508 e. The topological polar surface area (TPSA) is 66.8 Å². The van der Waals surface area contributed by atoms with Crippen molar-refractivity contribution in [3.63, 3.8) is 0 Å². The van der Waals surface area contributed by atoms with Gasteiger partial charge in [-0.25, -0.2) is 0 Å². The number of carbonyl (C=O) groups is 2. The zero-order valence-corrected chi connectivity index (χ0v) is 24.6. The molecular formula is C35H40ClNO4. The van der Waals surface area contributed by atoms with Gasteiger partial charge in [-0.2, -0.15) is 0 Å². The first kappa shape index (κ1) is 28.2. The van der Waals surface area contributed by atoms with Gasteiger partial charge in [0.05, 0.1) is 29.6 Å². The van der Waals surface area contributed by atoms with Crippen LogP contribution in [-0.4, -0.2) is 40.6 Å². The molecule has 2 heterocycles. The van der Waals surface area contributed by atoms with Crippen LogP contribution in [0.25, 0.3) is 11.6 Å². The molecule has 0 bridgehead atoms. The van der Waals surface area contributed by atoms with Crippen LogP contribution >= 0.6 is 11.6 Å². The van der Waals surface area contributed by atoms with Crippen LogP contribution < -0.4 is 0 Å². The molecule has 2 aliphatic heterocycles. The molecule has 2 aromatic rings. The van der Waals surface area contributed by atoms with E-state index in [4.69, 9.17) is 16.3 Å². The number of fused-ring (bicyclic) bond motifs is 3. The molecule has 2 amide bonds. The van der Waals surface area contributed by atoms with Gasteiger partial charge in [-0.05, 0) is 85.1 Å². The first-order valence-electron chi connectivity index (χ1n) is 15.4. The molecule has 216 valence electrons. The summed E-state index contributed by atoms with van der Waals surface area (Å²) in [7, 11) is 0. The number of phenols is 1. The molecule has 1 N–H and O–H groups in total. The van der Waals surface area contributed by atoms with E-state index in [0.29, 0.717) is 18.1 Å². The summed E-state index contributed by atoms with van der Waals surface area (Å²) in [6.07, 6.45) is 11.6. The van der Waals surface area contributed by atoms with Gasteiger partial charge in [-0.15, -0.1) is 0 Å². The molecule has 0 radical (unpaired) electrons. The van der Waals surface area contributed by atoms with Crippen molar-refractivity contribution in [3.8, 4) is 5.75 Å². The van der Waals surface area contributed by atoms with E-state index in [9.17, 15) is 14.7 Å². The van der Waals surface area contributed by atoms with Gasteiger partial charge in [0.25, 0.3) is 0 Å². The zero-order chi connectivity index (χ0) is 28.5. The standard InChI is InChI=1S/C35H40ClNO4/c1-2-9-25-19-28-33(35(40)37(34(28)39)26-12-7-4-8-13-26)29-21-41-31(32(25)29)17-15-23(22-10-5-3-6-11-22)18-24-14-16-27(38)20-30(24)36/h3,5-6,10-11,14,16,18,20,26,28-29,31,33,38H,2,4,7-9,12-13,15,17,19,21H2,1H3/b23-18-/t28-,29+,31-,33-/m1/s1. The molecule has 2 saturated heterocycles. The third kappa shape index (κ3) is 5.51. The number of amides is 2. The van der Waals surface area contributed by atoms with Crippen molar-refractivity contribution < 1.29 is 19.4 Å². The number of likely N-dealkylation sites (tertiary alicyclic amines) is 1. The summed E-state index contributed by atoms with van der Waals surface area (Å²) in [5.74, 6) is -0.222. The van der Waals surface area contributed by atoms with Crippen LogP contribution in [0.2, 0.25) is 5.02 Å². The minimum absolute atomic E-state index is 0.000962. The van der Waals surface area contributed by atoms with Gasteiger partial charge in [-0.3, -0.25) is 14.5 Å². The lowest BCUT2D eigenvalue weighted by Gasteiger charge is -2.32. The average Bonchev–Trinajstić information content (AvgIpc) is 3.51. The zero-order valence-electron chi connectivity index (χ0n) is 23.9. The molecule has 41 heavy (non-hydrogen) atoms. The number of aromatic hydroxyl groups is 1. The highest BCUT2D eigenvalue weighted by molar-refractivity contribution is 6.32. The Morgan fingerprint density at radius 1 is 1.05 bits per heavy atom. The molecule has 6 heteroatoms. The van der Waals surface area contributed by atoms with Gasteiger partial charge >= 0.3 is 0 Å². The van der Waals surface area contributed by atoms with Crippen LogP contribution in [0.3, 0.4) is 0 Å². The Kier molecular flexibility index (Phi) is 8.37. The van der Waals surface area contributed by atoms with Gasteiger partial charge in [0.2, 0.25) is 11.8 Å². The van der Waals surface area contributed by atoms with Crippen LogP contribution in [0.4, 0.5) is 0 Å². The molecule has 2 aliphatic carbocycles. The summed E-state index contributed by atoms with van der Waals surface area (Å²) in [6, 6.07) is 15.4. The van der Waals surface area contributed by atoms with Crippen molar-refractivity contribution in [1.82, 2.24) is 4.90 Å². The van der Waals surface area contributed by atoms with E-state index < -0.39 is 0 Å². The molecule has 1 saturated carbocycles. The summed E-state index contributed by atoms with van der Waals surface area (Å²) in [6.45, 7) is 2.70. The second-order valence-corrected chi connectivity index (χ2v) is 12.6. The summed E-state index contributed by atoms with van der Waals surface area (Å²) < 4.78 is 6.50. The van der Waals surface area contributed by atoms with Gasteiger partial charge in [0.15, 0.2) is 0 Å². The summed E-state index contributed by atoms with van der Waals surface area (Å²) >= 11 is 6.48. The van der Waals surface area contributed by atoms with E-state index in [2.05, 4.69) is 25.1 Å². The number of hydrogen-bond acceptors (Lipinski definition) is 4.